The Labute approximate surface area is 150 Å². The molecule has 1 aliphatic heterocycles. The summed E-state index contributed by atoms with van der Waals surface area (Å²) in [6.07, 6.45) is 2.24. The van der Waals surface area contributed by atoms with Crippen LogP contribution >= 0.6 is 0 Å². The third-order valence-electron chi connectivity index (χ3n) is 4.11. The van der Waals surface area contributed by atoms with Gasteiger partial charge in [0.05, 0.1) is 6.10 Å². The number of rotatable bonds is 8. The maximum absolute atomic E-state index is 5.71. The lowest BCUT2D eigenvalue weighted by Crippen LogP contribution is -2.47. The molecule has 8 heteroatoms. The molecule has 0 radical (unpaired) electrons. The second-order valence-corrected chi connectivity index (χ2v) is 5.96. The Balaban J connectivity index is 1.93. The van der Waals surface area contributed by atoms with Crippen LogP contribution in [-0.4, -0.2) is 60.0 Å². The molecule has 0 aliphatic carbocycles. The topological polar surface area (TPSA) is 85.0 Å². The van der Waals surface area contributed by atoms with Crippen LogP contribution in [-0.2, 0) is 16.0 Å². The van der Waals surface area contributed by atoms with Gasteiger partial charge in [-0.15, -0.1) is 0 Å². The molecule has 0 bridgehead atoms. The van der Waals surface area contributed by atoms with Crippen LogP contribution < -0.4 is 5.32 Å². The van der Waals surface area contributed by atoms with Crippen LogP contribution in [0.25, 0.3) is 0 Å². The first kappa shape index (κ1) is 19.7. The molecule has 2 heterocycles. The van der Waals surface area contributed by atoms with E-state index in [4.69, 9.17) is 14.0 Å². The molecule has 0 amide bonds. The van der Waals surface area contributed by atoms with Crippen molar-refractivity contribution in [3.63, 3.8) is 0 Å². The highest BCUT2D eigenvalue weighted by Gasteiger charge is 2.22. The van der Waals surface area contributed by atoms with Crippen molar-refractivity contribution in [2.24, 2.45) is 4.99 Å². The van der Waals surface area contributed by atoms with Gasteiger partial charge in [0.2, 0.25) is 5.89 Å². The van der Waals surface area contributed by atoms with E-state index in [0.717, 1.165) is 45.0 Å². The fourth-order valence-electron chi connectivity index (χ4n) is 2.86. The zero-order valence-corrected chi connectivity index (χ0v) is 15.8. The maximum atomic E-state index is 5.71. The van der Waals surface area contributed by atoms with Gasteiger partial charge >= 0.3 is 0 Å². The Morgan fingerprint density at radius 1 is 1.32 bits per heavy atom. The van der Waals surface area contributed by atoms with Crippen molar-refractivity contribution in [3.05, 3.63) is 11.7 Å². The minimum atomic E-state index is -0.169. The van der Waals surface area contributed by atoms with Gasteiger partial charge in [-0.3, -0.25) is 0 Å². The van der Waals surface area contributed by atoms with E-state index < -0.39 is 0 Å². The molecule has 8 nitrogen and oxygen atoms in total. The first-order valence-electron chi connectivity index (χ1n) is 9.26. The molecule has 1 unspecified atom stereocenters. The lowest BCUT2D eigenvalue weighted by atomic mass is 10.1. The molecule has 1 aliphatic rings. The van der Waals surface area contributed by atoms with E-state index in [1.807, 2.05) is 20.8 Å². The van der Waals surface area contributed by atoms with E-state index in [9.17, 15) is 0 Å². The average Bonchev–Trinajstić information content (AvgIpc) is 3.09. The van der Waals surface area contributed by atoms with Crippen LogP contribution in [0.4, 0.5) is 0 Å². The zero-order valence-electron chi connectivity index (χ0n) is 15.8. The fraction of sp³-hybridized carbons (Fsp3) is 0.824. The van der Waals surface area contributed by atoms with Crippen molar-refractivity contribution in [2.75, 3.05) is 32.8 Å². The minimum Gasteiger partial charge on any atom is -0.378 e. The molecule has 1 aromatic heterocycles. The van der Waals surface area contributed by atoms with E-state index in [1.54, 1.807) is 0 Å². The molecule has 1 atom stereocenters. The maximum Gasteiger partial charge on any atom is 0.248 e. The van der Waals surface area contributed by atoms with E-state index >= 15 is 0 Å². The molecule has 25 heavy (non-hydrogen) atoms. The molecule has 0 spiro atoms. The summed E-state index contributed by atoms with van der Waals surface area (Å²) in [7, 11) is 0. The van der Waals surface area contributed by atoms with Crippen LogP contribution in [0.3, 0.4) is 0 Å². The lowest BCUT2D eigenvalue weighted by molar-refractivity contribution is 0.0263. The van der Waals surface area contributed by atoms with Crippen LogP contribution in [0.1, 0.15) is 58.4 Å². The summed E-state index contributed by atoms with van der Waals surface area (Å²) in [6.45, 7) is 12.4. The first-order chi connectivity index (χ1) is 12.2. The van der Waals surface area contributed by atoms with Gasteiger partial charge in [-0.25, -0.2) is 4.99 Å². The normalized spacial score (nSPS) is 17.8. The number of ether oxygens (including phenoxy) is 2. The molecular formula is C17H31N5O3. The number of hydrogen-bond donors (Lipinski definition) is 1. The fourth-order valence-corrected chi connectivity index (χ4v) is 2.86. The molecule has 0 saturated carbocycles. The molecular weight excluding hydrogens is 322 g/mol. The monoisotopic (exact) mass is 353 g/mol. The van der Waals surface area contributed by atoms with Gasteiger partial charge in [0, 0.05) is 32.8 Å². The Hall–Kier alpha value is -1.67. The Bertz CT molecular complexity index is 526. The van der Waals surface area contributed by atoms with Crippen LogP contribution in [0, 0.1) is 0 Å². The van der Waals surface area contributed by atoms with Crippen molar-refractivity contribution in [1.29, 1.82) is 0 Å². The van der Waals surface area contributed by atoms with E-state index in [0.29, 0.717) is 31.0 Å². The summed E-state index contributed by atoms with van der Waals surface area (Å²) in [6, 6.07) is 0. The van der Waals surface area contributed by atoms with E-state index in [1.165, 1.54) is 0 Å². The number of aliphatic imine (C=N–C) groups is 1. The highest BCUT2D eigenvalue weighted by atomic mass is 16.5. The number of piperidine rings is 1. The summed E-state index contributed by atoms with van der Waals surface area (Å²) in [5, 5.41) is 7.31. The molecule has 1 saturated heterocycles. The zero-order chi connectivity index (χ0) is 18.1. The SMILES string of the molecule is CCNC(=NCc1nc(C(C)OCC)no1)N1CCC(OCC)CC1. The van der Waals surface area contributed by atoms with E-state index in [-0.39, 0.29) is 6.10 Å². The molecule has 1 N–H and O–H groups in total. The highest BCUT2D eigenvalue weighted by Crippen LogP contribution is 2.15. The summed E-state index contributed by atoms with van der Waals surface area (Å²) in [5.41, 5.74) is 0. The lowest BCUT2D eigenvalue weighted by Gasteiger charge is -2.34. The van der Waals surface area contributed by atoms with Crippen LogP contribution in [0.5, 0.6) is 0 Å². The summed E-state index contributed by atoms with van der Waals surface area (Å²) >= 11 is 0. The first-order valence-corrected chi connectivity index (χ1v) is 9.26. The van der Waals surface area contributed by atoms with Gasteiger partial charge in [-0.05, 0) is 40.5 Å². The molecule has 1 aromatic rings. The predicted molar refractivity (Wildman–Crippen MR) is 95.4 cm³/mol. The van der Waals surface area contributed by atoms with Crippen molar-refractivity contribution in [3.8, 4) is 0 Å². The molecule has 1 fully saturated rings. The molecule has 0 aromatic carbocycles. The third-order valence-corrected chi connectivity index (χ3v) is 4.11. The number of guanidine groups is 1. The predicted octanol–water partition coefficient (Wildman–Crippen LogP) is 2.13. The van der Waals surface area contributed by atoms with Gasteiger partial charge in [0.1, 0.15) is 12.6 Å². The summed E-state index contributed by atoms with van der Waals surface area (Å²) in [4.78, 5) is 11.3. The summed E-state index contributed by atoms with van der Waals surface area (Å²) < 4.78 is 16.5. The van der Waals surface area contributed by atoms with Crippen molar-refractivity contribution < 1.29 is 14.0 Å². The van der Waals surface area contributed by atoms with Gasteiger partial charge in [0.25, 0.3) is 0 Å². The molecule has 142 valence electrons. The number of nitrogens with zero attached hydrogens (tertiary/aromatic N) is 4. The average molecular weight is 353 g/mol. The summed E-state index contributed by atoms with van der Waals surface area (Å²) in [5.74, 6) is 1.95. The third kappa shape index (κ3) is 5.97. The van der Waals surface area contributed by atoms with Crippen LogP contribution in [0.2, 0.25) is 0 Å². The number of nitrogens with one attached hydrogen (secondary N) is 1. The van der Waals surface area contributed by atoms with Gasteiger partial charge in [0.15, 0.2) is 11.8 Å². The standard InChI is InChI=1S/C17H31N5O3/c1-5-18-17(22-10-8-14(9-11-22)24-7-3)19-12-15-20-16(21-25-15)13(4)23-6-2/h13-14H,5-12H2,1-4H3,(H,18,19). The molecule has 2 rings (SSSR count). The van der Waals surface area contributed by atoms with Gasteiger partial charge in [-0.1, -0.05) is 5.16 Å². The largest absolute Gasteiger partial charge is 0.378 e. The number of likely N-dealkylation sites (tertiary alicyclic amines) is 1. The van der Waals surface area contributed by atoms with Gasteiger partial charge in [-0.2, -0.15) is 4.98 Å². The second-order valence-electron chi connectivity index (χ2n) is 5.96. The number of aromatic nitrogens is 2. The Morgan fingerprint density at radius 2 is 2.08 bits per heavy atom. The Kier molecular flexibility index (Phi) is 8.14. The van der Waals surface area contributed by atoms with Crippen molar-refractivity contribution >= 4 is 5.96 Å². The van der Waals surface area contributed by atoms with Crippen molar-refractivity contribution in [2.45, 2.75) is 59.3 Å². The highest BCUT2D eigenvalue weighted by molar-refractivity contribution is 5.80. The number of hydrogen-bond acceptors (Lipinski definition) is 6. The van der Waals surface area contributed by atoms with E-state index in [2.05, 4.69) is 32.3 Å². The smallest absolute Gasteiger partial charge is 0.248 e. The van der Waals surface area contributed by atoms with Crippen molar-refractivity contribution in [1.82, 2.24) is 20.4 Å². The Morgan fingerprint density at radius 3 is 2.72 bits per heavy atom. The van der Waals surface area contributed by atoms with Crippen LogP contribution in [0.15, 0.2) is 9.52 Å². The van der Waals surface area contributed by atoms with Gasteiger partial charge < -0.3 is 24.2 Å². The second kappa shape index (κ2) is 10.4. The quantitative estimate of drug-likeness (QED) is 0.566. The minimum absolute atomic E-state index is 0.169.